The molecule has 2 aromatic rings. The van der Waals surface area contributed by atoms with Crippen molar-refractivity contribution in [1.29, 1.82) is 0 Å². The van der Waals surface area contributed by atoms with Gasteiger partial charge in [0.1, 0.15) is 5.69 Å². The van der Waals surface area contributed by atoms with E-state index in [1.807, 2.05) is 31.2 Å². The summed E-state index contributed by atoms with van der Waals surface area (Å²) in [7, 11) is 1.80. The number of carbonyl (C=O) groups excluding carboxylic acids is 1. The van der Waals surface area contributed by atoms with Crippen molar-refractivity contribution >= 4 is 23.2 Å². The lowest BCUT2D eigenvalue weighted by Gasteiger charge is -2.15. The van der Waals surface area contributed by atoms with Gasteiger partial charge in [-0.2, -0.15) is 0 Å². The van der Waals surface area contributed by atoms with Gasteiger partial charge in [-0.15, -0.1) is 0 Å². The van der Waals surface area contributed by atoms with Crippen molar-refractivity contribution in [2.45, 2.75) is 13.0 Å². The maximum Gasteiger partial charge on any atom is 0.270 e. The van der Waals surface area contributed by atoms with Crippen molar-refractivity contribution in [3.05, 3.63) is 58.9 Å². The maximum atomic E-state index is 12.1. The Hall–Kier alpha value is -2.07. The molecule has 4 nitrogen and oxygen atoms in total. The first kappa shape index (κ1) is 14.3. The van der Waals surface area contributed by atoms with Gasteiger partial charge >= 0.3 is 0 Å². The minimum atomic E-state index is -0.222. The highest BCUT2D eigenvalue weighted by Crippen LogP contribution is 2.22. The predicted octanol–water partition coefficient (Wildman–Crippen LogP) is 3.27. The summed E-state index contributed by atoms with van der Waals surface area (Å²) in [5.41, 5.74) is 2.12. The summed E-state index contributed by atoms with van der Waals surface area (Å²) in [6.07, 6.45) is 1.62. The van der Waals surface area contributed by atoms with Crippen LogP contribution < -0.4 is 10.6 Å². The number of amides is 1. The number of anilines is 1. The smallest absolute Gasteiger partial charge is 0.270 e. The van der Waals surface area contributed by atoms with Gasteiger partial charge in [0.25, 0.3) is 5.91 Å². The zero-order valence-electron chi connectivity index (χ0n) is 11.4. The molecule has 1 heterocycles. The monoisotopic (exact) mass is 289 g/mol. The van der Waals surface area contributed by atoms with Crippen LogP contribution in [0.25, 0.3) is 0 Å². The molecule has 1 aromatic carbocycles. The van der Waals surface area contributed by atoms with E-state index in [0.717, 1.165) is 11.3 Å². The molecule has 2 rings (SSSR count). The van der Waals surface area contributed by atoms with E-state index in [0.29, 0.717) is 10.7 Å². The summed E-state index contributed by atoms with van der Waals surface area (Å²) in [6.45, 7) is 1.89. The Morgan fingerprint density at radius 2 is 2.00 bits per heavy atom. The van der Waals surface area contributed by atoms with E-state index in [1.165, 1.54) is 0 Å². The lowest BCUT2D eigenvalue weighted by atomic mass is 10.1. The summed E-state index contributed by atoms with van der Waals surface area (Å²) in [5, 5.41) is 6.48. The van der Waals surface area contributed by atoms with E-state index < -0.39 is 0 Å². The summed E-state index contributed by atoms with van der Waals surface area (Å²) in [6, 6.07) is 10.8. The zero-order chi connectivity index (χ0) is 14.5. The molecule has 20 heavy (non-hydrogen) atoms. The average Bonchev–Trinajstić information content (AvgIpc) is 2.47. The second kappa shape index (κ2) is 6.39. The number of hydrogen-bond acceptors (Lipinski definition) is 3. The van der Waals surface area contributed by atoms with Crippen LogP contribution in [0.1, 0.15) is 29.0 Å². The lowest BCUT2D eigenvalue weighted by Crippen LogP contribution is -2.27. The summed E-state index contributed by atoms with van der Waals surface area (Å²) >= 11 is 6.11. The van der Waals surface area contributed by atoms with Crippen LogP contribution in [-0.2, 0) is 0 Å². The SMILES string of the molecule is CNc1ccc(C(=O)NC(C)c2ccccc2Cl)nc1. The highest BCUT2D eigenvalue weighted by molar-refractivity contribution is 6.31. The average molecular weight is 290 g/mol. The molecule has 2 N–H and O–H groups in total. The molecule has 104 valence electrons. The van der Waals surface area contributed by atoms with Crippen LogP contribution in [0.5, 0.6) is 0 Å². The second-order valence-electron chi connectivity index (χ2n) is 4.40. The Balaban J connectivity index is 2.09. The molecular weight excluding hydrogens is 274 g/mol. The van der Waals surface area contributed by atoms with Gasteiger partial charge in [-0.25, -0.2) is 4.98 Å². The van der Waals surface area contributed by atoms with Gasteiger partial charge < -0.3 is 10.6 Å². The Morgan fingerprint density at radius 3 is 2.60 bits per heavy atom. The number of hydrogen-bond donors (Lipinski definition) is 2. The first-order chi connectivity index (χ1) is 9.61. The molecule has 1 amide bonds. The molecule has 0 radical (unpaired) electrons. The molecule has 1 atom stereocenters. The number of pyridine rings is 1. The Morgan fingerprint density at radius 1 is 1.25 bits per heavy atom. The lowest BCUT2D eigenvalue weighted by molar-refractivity contribution is 0.0935. The van der Waals surface area contributed by atoms with Crippen molar-refractivity contribution < 1.29 is 4.79 Å². The van der Waals surface area contributed by atoms with E-state index in [4.69, 9.17) is 11.6 Å². The third-order valence-electron chi connectivity index (χ3n) is 3.00. The molecule has 1 aromatic heterocycles. The van der Waals surface area contributed by atoms with Crippen LogP contribution in [0.2, 0.25) is 5.02 Å². The predicted molar refractivity (Wildman–Crippen MR) is 81.1 cm³/mol. The molecule has 0 aliphatic carbocycles. The molecule has 0 saturated carbocycles. The van der Waals surface area contributed by atoms with Crippen LogP contribution in [0.15, 0.2) is 42.6 Å². The highest BCUT2D eigenvalue weighted by atomic mass is 35.5. The Kier molecular flexibility index (Phi) is 4.58. The largest absolute Gasteiger partial charge is 0.387 e. The van der Waals surface area contributed by atoms with Crippen molar-refractivity contribution in [3.8, 4) is 0 Å². The zero-order valence-corrected chi connectivity index (χ0v) is 12.1. The van der Waals surface area contributed by atoms with Gasteiger partial charge in [0, 0.05) is 12.1 Å². The molecule has 1 unspecified atom stereocenters. The van der Waals surface area contributed by atoms with Crippen LogP contribution in [0.4, 0.5) is 5.69 Å². The van der Waals surface area contributed by atoms with E-state index in [-0.39, 0.29) is 11.9 Å². The molecule has 0 fully saturated rings. The van der Waals surface area contributed by atoms with Crippen LogP contribution >= 0.6 is 11.6 Å². The number of nitrogens with zero attached hydrogens (tertiary/aromatic N) is 1. The number of rotatable bonds is 4. The molecule has 0 aliphatic heterocycles. The molecule has 0 saturated heterocycles. The summed E-state index contributed by atoms with van der Waals surface area (Å²) < 4.78 is 0. The van der Waals surface area contributed by atoms with E-state index in [2.05, 4.69) is 15.6 Å². The number of carbonyl (C=O) groups is 1. The third-order valence-corrected chi connectivity index (χ3v) is 3.35. The van der Waals surface area contributed by atoms with E-state index >= 15 is 0 Å². The fourth-order valence-electron chi connectivity index (χ4n) is 1.85. The molecular formula is C15H16ClN3O. The number of nitrogens with one attached hydrogen (secondary N) is 2. The number of halogens is 1. The molecule has 0 aliphatic rings. The van der Waals surface area contributed by atoms with Crippen LogP contribution in [0.3, 0.4) is 0 Å². The summed E-state index contributed by atoms with van der Waals surface area (Å²) in [4.78, 5) is 16.2. The normalized spacial score (nSPS) is 11.8. The van der Waals surface area contributed by atoms with Crippen molar-refractivity contribution in [1.82, 2.24) is 10.3 Å². The highest BCUT2D eigenvalue weighted by Gasteiger charge is 2.14. The van der Waals surface area contributed by atoms with Gasteiger partial charge in [0.05, 0.1) is 17.9 Å². The number of aromatic nitrogens is 1. The van der Waals surface area contributed by atoms with Crippen LogP contribution in [0, 0.1) is 0 Å². The Bertz CT molecular complexity index is 598. The van der Waals surface area contributed by atoms with Gasteiger partial charge in [-0.05, 0) is 30.7 Å². The van der Waals surface area contributed by atoms with Crippen molar-refractivity contribution in [2.75, 3.05) is 12.4 Å². The first-order valence-electron chi connectivity index (χ1n) is 6.31. The minimum Gasteiger partial charge on any atom is -0.387 e. The quantitative estimate of drug-likeness (QED) is 0.908. The minimum absolute atomic E-state index is 0.179. The maximum absolute atomic E-state index is 12.1. The van der Waals surface area contributed by atoms with Gasteiger partial charge in [0.15, 0.2) is 0 Å². The molecule has 0 spiro atoms. The fraction of sp³-hybridized carbons (Fsp3) is 0.200. The topological polar surface area (TPSA) is 54.0 Å². The van der Waals surface area contributed by atoms with E-state index in [9.17, 15) is 4.79 Å². The standard InChI is InChI=1S/C15H16ClN3O/c1-10(12-5-3-4-6-13(12)16)19-15(20)14-8-7-11(17-2)9-18-14/h3-10,17H,1-2H3,(H,19,20). The fourth-order valence-corrected chi connectivity index (χ4v) is 2.15. The summed E-state index contributed by atoms with van der Waals surface area (Å²) in [5.74, 6) is -0.222. The van der Waals surface area contributed by atoms with Gasteiger partial charge in [0.2, 0.25) is 0 Å². The Labute approximate surface area is 123 Å². The number of benzene rings is 1. The molecule has 5 heteroatoms. The van der Waals surface area contributed by atoms with Gasteiger partial charge in [-0.3, -0.25) is 4.79 Å². The van der Waals surface area contributed by atoms with Crippen molar-refractivity contribution in [2.24, 2.45) is 0 Å². The second-order valence-corrected chi connectivity index (χ2v) is 4.81. The first-order valence-corrected chi connectivity index (χ1v) is 6.68. The van der Waals surface area contributed by atoms with E-state index in [1.54, 1.807) is 25.4 Å². The van der Waals surface area contributed by atoms with Gasteiger partial charge in [-0.1, -0.05) is 29.8 Å². The molecule has 0 bridgehead atoms. The third kappa shape index (κ3) is 3.27. The van der Waals surface area contributed by atoms with Crippen LogP contribution in [-0.4, -0.2) is 17.9 Å². The van der Waals surface area contributed by atoms with Crippen molar-refractivity contribution in [3.63, 3.8) is 0 Å².